The Morgan fingerprint density at radius 1 is 1.23 bits per heavy atom. The van der Waals surface area contributed by atoms with Gasteiger partial charge in [-0.3, -0.25) is 9.59 Å². The Labute approximate surface area is 172 Å². The highest BCUT2D eigenvalue weighted by Gasteiger charge is 2.55. The van der Waals surface area contributed by atoms with Gasteiger partial charge in [0.2, 0.25) is 17.7 Å². The van der Waals surface area contributed by atoms with Crippen LogP contribution in [0.4, 0.5) is 13.2 Å². The first-order valence-electron chi connectivity index (χ1n) is 10.1. The van der Waals surface area contributed by atoms with Crippen molar-refractivity contribution in [2.75, 3.05) is 6.54 Å². The molecule has 160 valence electrons. The van der Waals surface area contributed by atoms with Crippen LogP contribution in [0.1, 0.15) is 43.9 Å². The van der Waals surface area contributed by atoms with Gasteiger partial charge in [-0.15, -0.1) is 0 Å². The van der Waals surface area contributed by atoms with Crippen LogP contribution in [0.2, 0.25) is 0 Å². The fourth-order valence-corrected chi connectivity index (χ4v) is 4.42. The summed E-state index contributed by atoms with van der Waals surface area (Å²) in [5, 5.41) is 5.40. The maximum atomic E-state index is 13.5. The molecule has 1 unspecified atom stereocenters. The van der Waals surface area contributed by atoms with Crippen molar-refractivity contribution in [3.8, 4) is 11.3 Å². The van der Waals surface area contributed by atoms with E-state index in [9.17, 15) is 22.8 Å². The fraction of sp³-hybridized carbons (Fsp3) is 0.455. The highest BCUT2D eigenvalue weighted by molar-refractivity contribution is 5.89. The minimum absolute atomic E-state index is 0.155. The zero-order valence-electron chi connectivity index (χ0n) is 16.7. The molecule has 1 aromatic carbocycles. The number of hydrogen-bond donors (Lipinski definition) is 3. The SMILES string of the molecule is CC1(c2cc(CCC(=O)NC3CCNC3=O)c(-c3ccc(F)cc3)[nH]2)CC(F)(F)C1. The van der Waals surface area contributed by atoms with E-state index >= 15 is 0 Å². The number of hydrogen-bond acceptors (Lipinski definition) is 2. The van der Waals surface area contributed by atoms with Crippen molar-refractivity contribution >= 4 is 11.8 Å². The lowest BCUT2D eigenvalue weighted by atomic mass is 9.65. The number of carbonyl (C=O) groups excluding carboxylic acids is 2. The van der Waals surface area contributed by atoms with E-state index in [1.54, 1.807) is 19.1 Å². The van der Waals surface area contributed by atoms with E-state index in [1.165, 1.54) is 12.1 Å². The predicted molar refractivity (Wildman–Crippen MR) is 106 cm³/mol. The molecule has 0 radical (unpaired) electrons. The molecular formula is C22H24F3N3O2. The van der Waals surface area contributed by atoms with E-state index in [0.29, 0.717) is 30.8 Å². The fourth-order valence-electron chi connectivity index (χ4n) is 4.42. The molecule has 5 nitrogen and oxygen atoms in total. The smallest absolute Gasteiger partial charge is 0.250 e. The molecule has 1 saturated heterocycles. The van der Waals surface area contributed by atoms with Gasteiger partial charge in [-0.05, 0) is 54.3 Å². The van der Waals surface area contributed by atoms with Crippen LogP contribution in [0.25, 0.3) is 11.3 Å². The minimum atomic E-state index is -2.67. The van der Waals surface area contributed by atoms with Gasteiger partial charge >= 0.3 is 0 Å². The van der Waals surface area contributed by atoms with E-state index in [1.807, 2.05) is 6.07 Å². The molecule has 3 N–H and O–H groups in total. The van der Waals surface area contributed by atoms with Crippen LogP contribution in [0.15, 0.2) is 30.3 Å². The average molecular weight is 419 g/mol. The first-order valence-corrected chi connectivity index (χ1v) is 10.1. The zero-order chi connectivity index (χ0) is 21.5. The molecular weight excluding hydrogens is 395 g/mol. The van der Waals surface area contributed by atoms with Crippen molar-refractivity contribution in [1.82, 2.24) is 15.6 Å². The first kappa shape index (κ1) is 20.5. The summed E-state index contributed by atoms with van der Waals surface area (Å²) >= 11 is 0. The quantitative estimate of drug-likeness (QED) is 0.671. The highest BCUT2D eigenvalue weighted by Crippen LogP contribution is 2.53. The van der Waals surface area contributed by atoms with E-state index in [4.69, 9.17) is 0 Å². The number of halogens is 3. The molecule has 1 aromatic heterocycles. The van der Waals surface area contributed by atoms with Crippen LogP contribution in [0, 0.1) is 5.82 Å². The van der Waals surface area contributed by atoms with Crippen molar-refractivity contribution in [2.45, 2.75) is 56.4 Å². The lowest BCUT2D eigenvalue weighted by Gasteiger charge is -2.44. The second kappa shape index (κ2) is 7.49. The normalized spacial score (nSPS) is 21.7. The molecule has 2 aromatic rings. The molecule has 1 saturated carbocycles. The Hall–Kier alpha value is -2.77. The van der Waals surface area contributed by atoms with Gasteiger partial charge in [0.25, 0.3) is 0 Å². The van der Waals surface area contributed by atoms with Crippen LogP contribution < -0.4 is 10.6 Å². The molecule has 2 amide bonds. The predicted octanol–water partition coefficient (Wildman–Crippen LogP) is 3.44. The Kier molecular flexibility index (Phi) is 5.11. The second-order valence-electron chi connectivity index (χ2n) is 8.56. The van der Waals surface area contributed by atoms with Gasteiger partial charge < -0.3 is 15.6 Å². The Balaban J connectivity index is 1.53. The van der Waals surface area contributed by atoms with Crippen molar-refractivity contribution in [3.63, 3.8) is 0 Å². The number of aromatic nitrogens is 1. The van der Waals surface area contributed by atoms with E-state index in [2.05, 4.69) is 15.6 Å². The van der Waals surface area contributed by atoms with Gasteiger partial charge in [-0.25, -0.2) is 13.2 Å². The van der Waals surface area contributed by atoms with Gasteiger partial charge in [0.1, 0.15) is 11.9 Å². The van der Waals surface area contributed by atoms with Crippen LogP contribution in [-0.2, 0) is 21.4 Å². The molecule has 1 aliphatic carbocycles. The summed E-state index contributed by atoms with van der Waals surface area (Å²) in [7, 11) is 0. The standard InChI is InChI=1S/C22H24F3N3O2/c1-21(11-22(24,25)12-21)17-10-14(19(28-17)13-2-5-15(23)6-3-13)4-7-18(29)27-16-8-9-26-20(16)30/h2-3,5-6,10,16,28H,4,7-9,11-12H2,1H3,(H,26,30)(H,27,29). The molecule has 2 aliphatic rings. The number of rotatable bonds is 6. The number of carbonyl (C=O) groups is 2. The van der Waals surface area contributed by atoms with E-state index in [-0.39, 0.29) is 36.9 Å². The summed E-state index contributed by atoms with van der Waals surface area (Å²) in [6.45, 7) is 2.34. The number of amides is 2. The number of H-pyrrole nitrogens is 1. The van der Waals surface area contributed by atoms with Crippen LogP contribution >= 0.6 is 0 Å². The third kappa shape index (κ3) is 4.08. The highest BCUT2D eigenvalue weighted by atomic mass is 19.3. The molecule has 4 rings (SSSR count). The van der Waals surface area contributed by atoms with Gasteiger partial charge in [-0.1, -0.05) is 6.92 Å². The molecule has 30 heavy (non-hydrogen) atoms. The van der Waals surface area contributed by atoms with Crippen LogP contribution in [0.5, 0.6) is 0 Å². The molecule has 2 heterocycles. The van der Waals surface area contributed by atoms with Crippen molar-refractivity contribution in [1.29, 1.82) is 0 Å². The molecule has 1 atom stereocenters. The number of alkyl halides is 2. The van der Waals surface area contributed by atoms with E-state index < -0.39 is 17.4 Å². The summed E-state index contributed by atoms with van der Waals surface area (Å²) in [6.07, 6.45) is 0.616. The molecule has 0 spiro atoms. The summed E-state index contributed by atoms with van der Waals surface area (Å²) in [5.41, 5.74) is 2.26. The molecule has 2 fully saturated rings. The summed E-state index contributed by atoms with van der Waals surface area (Å²) in [4.78, 5) is 27.2. The average Bonchev–Trinajstić information content (AvgIpc) is 3.26. The van der Waals surface area contributed by atoms with Crippen LogP contribution in [-0.4, -0.2) is 35.3 Å². The van der Waals surface area contributed by atoms with Gasteiger partial charge in [-0.2, -0.15) is 0 Å². The maximum absolute atomic E-state index is 13.5. The summed E-state index contributed by atoms with van der Waals surface area (Å²) in [5.74, 6) is -3.46. The lowest BCUT2D eigenvalue weighted by molar-refractivity contribution is -0.127. The Morgan fingerprint density at radius 2 is 1.93 bits per heavy atom. The Bertz CT molecular complexity index is 961. The number of benzene rings is 1. The topological polar surface area (TPSA) is 74.0 Å². The van der Waals surface area contributed by atoms with Gasteiger partial charge in [0, 0.05) is 42.6 Å². The zero-order valence-corrected chi connectivity index (χ0v) is 16.7. The van der Waals surface area contributed by atoms with E-state index in [0.717, 1.165) is 11.1 Å². The van der Waals surface area contributed by atoms with Gasteiger partial charge in [0.05, 0.1) is 0 Å². The lowest BCUT2D eigenvalue weighted by Crippen LogP contribution is -2.47. The number of nitrogens with one attached hydrogen (secondary N) is 3. The molecule has 8 heteroatoms. The molecule has 1 aliphatic heterocycles. The summed E-state index contributed by atoms with van der Waals surface area (Å²) in [6, 6.07) is 7.24. The number of aromatic amines is 1. The third-order valence-electron chi connectivity index (χ3n) is 5.99. The third-order valence-corrected chi connectivity index (χ3v) is 5.99. The monoisotopic (exact) mass is 419 g/mol. The maximum Gasteiger partial charge on any atom is 0.250 e. The number of aryl methyl sites for hydroxylation is 1. The van der Waals surface area contributed by atoms with Crippen molar-refractivity contribution in [2.24, 2.45) is 0 Å². The summed E-state index contributed by atoms with van der Waals surface area (Å²) < 4.78 is 40.4. The van der Waals surface area contributed by atoms with Gasteiger partial charge in [0.15, 0.2) is 0 Å². The van der Waals surface area contributed by atoms with Crippen molar-refractivity contribution in [3.05, 3.63) is 47.4 Å². The largest absolute Gasteiger partial charge is 0.358 e. The van der Waals surface area contributed by atoms with Crippen molar-refractivity contribution < 1.29 is 22.8 Å². The Morgan fingerprint density at radius 3 is 2.53 bits per heavy atom. The molecule has 0 bridgehead atoms. The van der Waals surface area contributed by atoms with Crippen LogP contribution in [0.3, 0.4) is 0 Å². The first-order chi connectivity index (χ1) is 14.2. The minimum Gasteiger partial charge on any atom is -0.358 e. The second-order valence-corrected chi connectivity index (χ2v) is 8.56.